The van der Waals surface area contributed by atoms with E-state index in [9.17, 15) is 4.79 Å². The average Bonchev–Trinajstić information content (AvgIpc) is 2.82. The molecule has 2 rings (SSSR count). The summed E-state index contributed by atoms with van der Waals surface area (Å²) in [5, 5.41) is 2.92. The largest absolute Gasteiger partial charge is 0.398 e. The third-order valence-corrected chi connectivity index (χ3v) is 4.18. The fraction of sp³-hybridized carbons (Fsp3) is 0.562. The molecule has 0 aliphatic carbocycles. The number of likely N-dealkylation sites (tertiary alicyclic amines) is 1. The van der Waals surface area contributed by atoms with Crippen molar-refractivity contribution in [1.82, 2.24) is 4.90 Å². The molecular formula is C16H25N3O. The Bertz CT molecular complexity index is 485. The molecule has 0 saturated carbocycles. The first-order chi connectivity index (χ1) is 9.45. The molecule has 1 fully saturated rings. The normalized spacial score (nSPS) is 19.5. The van der Waals surface area contributed by atoms with E-state index in [2.05, 4.69) is 24.1 Å². The van der Waals surface area contributed by atoms with Crippen molar-refractivity contribution in [2.45, 2.75) is 27.2 Å². The molecule has 1 saturated heterocycles. The quantitative estimate of drug-likeness (QED) is 0.830. The van der Waals surface area contributed by atoms with Gasteiger partial charge in [-0.15, -0.1) is 0 Å². The van der Waals surface area contributed by atoms with Crippen LogP contribution in [0.2, 0.25) is 0 Å². The van der Waals surface area contributed by atoms with Crippen LogP contribution in [0.4, 0.5) is 11.4 Å². The van der Waals surface area contributed by atoms with Crippen LogP contribution in [0, 0.1) is 18.8 Å². The third-order valence-electron chi connectivity index (χ3n) is 4.18. The van der Waals surface area contributed by atoms with Crippen molar-refractivity contribution >= 4 is 17.3 Å². The molecule has 1 heterocycles. The third kappa shape index (κ3) is 3.73. The van der Waals surface area contributed by atoms with Gasteiger partial charge < -0.3 is 11.1 Å². The van der Waals surface area contributed by atoms with Gasteiger partial charge in [0.05, 0.1) is 6.54 Å². The topological polar surface area (TPSA) is 58.4 Å². The number of anilines is 2. The minimum absolute atomic E-state index is 0.0395. The molecule has 1 unspecified atom stereocenters. The van der Waals surface area contributed by atoms with E-state index in [1.54, 1.807) is 0 Å². The first kappa shape index (κ1) is 14.9. The van der Waals surface area contributed by atoms with Crippen LogP contribution in [0.1, 0.15) is 25.8 Å². The Morgan fingerprint density at radius 3 is 2.85 bits per heavy atom. The van der Waals surface area contributed by atoms with Crippen LogP contribution in [0.25, 0.3) is 0 Å². The number of hydrogen-bond donors (Lipinski definition) is 2. The molecule has 0 radical (unpaired) electrons. The molecule has 1 aromatic rings. The number of carbonyl (C=O) groups is 1. The van der Waals surface area contributed by atoms with Crippen LogP contribution in [-0.4, -0.2) is 30.4 Å². The molecule has 0 spiro atoms. The van der Waals surface area contributed by atoms with Crippen molar-refractivity contribution in [3.8, 4) is 0 Å². The Morgan fingerprint density at radius 1 is 1.50 bits per heavy atom. The first-order valence-electron chi connectivity index (χ1n) is 7.34. The van der Waals surface area contributed by atoms with Crippen LogP contribution in [0.3, 0.4) is 0 Å². The molecule has 1 aliphatic rings. The summed E-state index contributed by atoms with van der Waals surface area (Å²) in [4.78, 5) is 14.3. The molecule has 1 aliphatic heterocycles. The smallest absolute Gasteiger partial charge is 0.238 e. The molecule has 0 bridgehead atoms. The highest BCUT2D eigenvalue weighted by atomic mass is 16.2. The fourth-order valence-electron chi connectivity index (χ4n) is 2.67. The number of aryl methyl sites for hydroxylation is 1. The average molecular weight is 275 g/mol. The molecule has 3 N–H and O–H groups in total. The van der Waals surface area contributed by atoms with E-state index in [4.69, 9.17) is 5.73 Å². The van der Waals surface area contributed by atoms with Gasteiger partial charge in [-0.2, -0.15) is 0 Å². The van der Waals surface area contributed by atoms with Crippen molar-refractivity contribution < 1.29 is 4.79 Å². The van der Waals surface area contributed by atoms with Crippen molar-refractivity contribution in [2.24, 2.45) is 11.8 Å². The van der Waals surface area contributed by atoms with E-state index < -0.39 is 0 Å². The molecule has 4 nitrogen and oxygen atoms in total. The fourth-order valence-corrected chi connectivity index (χ4v) is 2.67. The monoisotopic (exact) mass is 275 g/mol. The number of nitrogens with one attached hydrogen (secondary N) is 1. The predicted octanol–water partition coefficient (Wildman–Crippen LogP) is 2.49. The number of nitrogens with zero attached hydrogens (tertiary/aromatic N) is 1. The maximum absolute atomic E-state index is 12.0. The van der Waals surface area contributed by atoms with Gasteiger partial charge in [-0.05, 0) is 49.4 Å². The van der Waals surface area contributed by atoms with E-state index in [1.165, 1.54) is 6.42 Å². The lowest BCUT2D eigenvalue weighted by atomic mass is 9.95. The summed E-state index contributed by atoms with van der Waals surface area (Å²) in [5.74, 6) is 1.45. The van der Waals surface area contributed by atoms with E-state index in [1.807, 2.05) is 25.1 Å². The number of carbonyl (C=O) groups excluding carboxylic acids is 1. The summed E-state index contributed by atoms with van der Waals surface area (Å²) in [6, 6.07) is 5.63. The maximum Gasteiger partial charge on any atom is 0.238 e. The summed E-state index contributed by atoms with van der Waals surface area (Å²) in [6.07, 6.45) is 1.20. The second kappa shape index (κ2) is 6.27. The Morgan fingerprint density at radius 2 is 2.25 bits per heavy atom. The summed E-state index contributed by atoms with van der Waals surface area (Å²) in [5.41, 5.74) is 8.37. The zero-order valence-electron chi connectivity index (χ0n) is 12.6. The highest BCUT2D eigenvalue weighted by molar-refractivity contribution is 5.92. The van der Waals surface area contributed by atoms with Gasteiger partial charge in [-0.25, -0.2) is 0 Å². The van der Waals surface area contributed by atoms with E-state index in [0.29, 0.717) is 18.2 Å². The molecule has 4 heteroatoms. The van der Waals surface area contributed by atoms with Gasteiger partial charge >= 0.3 is 0 Å². The highest BCUT2D eigenvalue weighted by Crippen LogP contribution is 2.23. The number of nitrogens with two attached hydrogens (primary N) is 1. The van der Waals surface area contributed by atoms with Crippen LogP contribution in [0.15, 0.2) is 18.2 Å². The molecule has 0 aromatic heterocycles. The van der Waals surface area contributed by atoms with Crippen LogP contribution in [0.5, 0.6) is 0 Å². The van der Waals surface area contributed by atoms with Crippen molar-refractivity contribution in [2.75, 3.05) is 30.7 Å². The lowest BCUT2D eigenvalue weighted by molar-refractivity contribution is -0.117. The Balaban J connectivity index is 1.85. The lowest BCUT2D eigenvalue weighted by Crippen LogP contribution is -2.32. The number of hydrogen-bond acceptors (Lipinski definition) is 3. The lowest BCUT2D eigenvalue weighted by Gasteiger charge is -2.17. The van der Waals surface area contributed by atoms with Crippen molar-refractivity contribution in [3.63, 3.8) is 0 Å². The molecule has 1 aromatic carbocycles. The van der Waals surface area contributed by atoms with E-state index in [0.717, 1.165) is 30.3 Å². The molecule has 20 heavy (non-hydrogen) atoms. The Kier molecular flexibility index (Phi) is 4.65. The van der Waals surface area contributed by atoms with Gasteiger partial charge in [-0.1, -0.05) is 19.9 Å². The van der Waals surface area contributed by atoms with Gasteiger partial charge in [0.25, 0.3) is 0 Å². The Hall–Kier alpha value is -1.55. The second-order valence-electron chi connectivity index (χ2n) is 6.15. The van der Waals surface area contributed by atoms with Gasteiger partial charge in [0.2, 0.25) is 5.91 Å². The standard InChI is InChI=1S/C16H25N3O/c1-11(2)13-6-7-19(9-13)10-16(20)18-14-5-4-12(3)15(17)8-14/h4-5,8,11,13H,6-7,9-10,17H2,1-3H3,(H,18,20). The maximum atomic E-state index is 12.0. The van der Waals surface area contributed by atoms with Crippen molar-refractivity contribution in [1.29, 1.82) is 0 Å². The minimum Gasteiger partial charge on any atom is -0.398 e. The van der Waals surface area contributed by atoms with Gasteiger partial charge in [0.15, 0.2) is 0 Å². The van der Waals surface area contributed by atoms with Crippen LogP contribution >= 0.6 is 0 Å². The number of nitrogen functional groups attached to an aromatic ring is 1. The Labute approximate surface area is 121 Å². The molecule has 1 atom stereocenters. The number of rotatable bonds is 4. The van der Waals surface area contributed by atoms with Gasteiger partial charge in [-0.3, -0.25) is 9.69 Å². The number of benzene rings is 1. The first-order valence-corrected chi connectivity index (χ1v) is 7.34. The van der Waals surface area contributed by atoms with E-state index >= 15 is 0 Å². The van der Waals surface area contributed by atoms with Crippen molar-refractivity contribution in [3.05, 3.63) is 23.8 Å². The van der Waals surface area contributed by atoms with Gasteiger partial charge in [0.1, 0.15) is 0 Å². The van der Waals surface area contributed by atoms with Crippen LogP contribution < -0.4 is 11.1 Å². The molecule has 1 amide bonds. The predicted molar refractivity (Wildman–Crippen MR) is 83.6 cm³/mol. The highest BCUT2D eigenvalue weighted by Gasteiger charge is 2.25. The van der Waals surface area contributed by atoms with E-state index in [-0.39, 0.29) is 5.91 Å². The zero-order valence-corrected chi connectivity index (χ0v) is 12.6. The SMILES string of the molecule is Cc1ccc(NC(=O)CN2CCC(C(C)C)C2)cc1N. The molecule has 110 valence electrons. The zero-order chi connectivity index (χ0) is 14.7. The number of amides is 1. The summed E-state index contributed by atoms with van der Waals surface area (Å²) in [7, 11) is 0. The molecular weight excluding hydrogens is 250 g/mol. The summed E-state index contributed by atoms with van der Waals surface area (Å²) in [6.45, 7) is 8.98. The van der Waals surface area contributed by atoms with Crippen LogP contribution in [-0.2, 0) is 4.79 Å². The summed E-state index contributed by atoms with van der Waals surface area (Å²) < 4.78 is 0. The second-order valence-corrected chi connectivity index (χ2v) is 6.15. The minimum atomic E-state index is 0.0395. The summed E-state index contributed by atoms with van der Waals surface area (Å²) >= 11 is 0. The van der Waals surface area contributed by atoms with Gasteiger partial charge in [0, 0.05) is 17.9 Å².